The van der Waals surface area contributed by atoms with Crippen LogP contribution in [0.3, 0.4) is 0 Å². The number of nitrogens with one attached hydrogen (secondary N) is 1. The van der Waals surface area contributed by atoms with Gasteiger partial charge in [0.2, 0.25) is 0 Å². The summed E-state index contributed by atoms with van der Waals surface area (Å²) in [5, 5.41) is 8.14. The molecule has 1 nitrogen and oxygen atoms in total. The standard InChI is InChI=1S/C17H25N/c1-7-16(13(4)5)17(6)9-8-14(12(2)3)10-15(18)11-17/h8-10,12-13,18H,1,11H2,2-6H3. The van der Waals surface area contributed by atoms with Gasteiger partial charge in [-0.15, -0.1) is 5.73 Å². The zero-order valence-corrected chi connectivity index (χ0v) is 12.3. The molecular formula is C17H25N. The molecule has 0 fully saturated rings. The monoisotopic (exact) mass is 243 g/mol. The number of hydrogen-bond acceptors (Lipinski definition) is 1. The van der Waals surface area contributed by atoms with Crippen LogP contribution in [0.4, 0.5) is 0 Å². The van der Waals surface area contributed by atoms with Crippen LogP contribution in [0.2, 0.25) is 0 Å². The Morgan fingerprint density at radius 3 is 2.44 bits per heavy atom. The molecular weight excluding hydrogens is 218 g/mol. The summed E-state index contributed by atoms with van der Waals surface area (Å²) in [5.41, 5.74) is 6.10. The third-order valence-electron chi connectivity index (χ3n) is 3.59. The summed E-state index contributed by atoms with van der Waals surface area (Å²) in [4.78, 5) is 0. The minimum Gasteiger partial charge on any atom is -0.305 e. The van der Waals surface area contributed by atoms with Crippen molar-refractivity contribution in [1.29, 1.82) is 5.41 Å². The van der Waals surface area contributed by atoms with Gasteiger partial charge in [-0.05, 0) is 29.1 Å². The minimum atomic E-state index is -0.125. The first-order valence-electron chi connectivity index (χ1n) is 6.69. The van der Waals surface area contributed by atoms with Crippen LogP contribution in [-0.4, -0.2) is 5.71 Å². The highest BCUT2D eigenvalue weighted by Gasteiger charge is 2.30. The molecule has 1 N–H and O–H groups in total. The third kappa shape index (κ3) is 3.11. The molecule has 1 aliphatic rings. The van der Waals surface area contributed by atoms with Crippen molar-refractivity contribution >= 4 is 5.71 Å². The van der Waals surface area contributed by atoms with Crippen LogP contribution < -0.4 is 0 Å². The van der Waals surface area contributed by atoms with E-state index in [1.165, 1.54) is 11.1 Å². The van der Waals surface area contributed by atoms with Crippen LogP contribution >= 0.6 is 0 Å². The molecule has 0 aliphatic heterocycles. The molecule has 98 valence electrons. The summed E-state index contributed by atoms with van der Waals surface area (Å²) in [6.45, 7) is 14.7. The van der Waals surface area contributed by atoms with Gasteiger partial charge in [-0.25, -0.2) is 0 Å². The molecule has 0 spiro atoms. The molecule has 1 heteroatoms. The second-order valence-corrected chi connectivity index (χ2v) is 6.00. The Morgan fingerprint density at radius 1 is 1.39 bits per heavy atom. The molecule has 18 heavy (non-hydrogen) atoms. The van der Waals surface area contributed by atoms with E-state index in [1.807, 2.05) is 6.08 Å². The predicted octanol–water partition coefficient (Wildman–Crippen LogP) is 4.92. The molecule has 0 heterocycles. The smallest absolute Gasteiger partial charge is 0.0328 e. The molecule has 1 rings (SSSR count). The molecule has 0 saturated heterocycles. The Balaban J connectivity index is 3.19. The zero-order valence-electron chi connectivity index (χ0n) is 12.3. The minimum absolute atomic E-state index is 0.125. The van der Waals surface area contributed by atoms with E-state index in [0.717, 1.165) is 6.42 Å². The van der Waals surface area contributed by atoms with Crippen molar-refractivity contribution < 1.29 is 0 Å². The maximum Gasteiger partial charge on any atom is 0.0328 e. The van der Waals surface area contributed by atoms with E-state index in [4.69, 9.17) is 5.41 Å². The Hall–Kier alpha value is -1.33. The van der Waals surface area contributed by atoms with Crippen molar-refractivity contribution in [2.75, 3.05) is 0 Å². The zero-order chi connectivity index (χ0) is 13.9. The Labute approximate surface area is 111 Å². The first-order chi connectivity index (χ1) is 8.30. The van der Waals surface area contributed by atoms with Crippen LogP contribution in [0.25, 0.3) is 0 Å². The summed E-state index contributed by atoms with van der Waals surface area (Å²) < 4.78 is 0. The van der Waals surface area contributed by atoms with E-state index in [1.54, 1.807) is 0 Å². The van der Waals surface area contributed by atoms with Gasteiger partial charge in [0.25, 0.3) is 0 Å². The van der Waals surface area contributed by atoms with E-state index in [-0.39, 0.29) is 5.41 Å². The van der Waals surface area contributed by atoms with Crippen molar-refractivity contribution in [3.8, 4) is 0 Å². The highest BCUT2D eigenvalue weighted by Crippen LogP contribution is 2.39. The summed E-state index contributed by atoms with van der Waals surface area (Å²) in [6, 6.07) is 0. The van der Waals surface area contributed by atoms with Gasteiger partial charge in [-0.1, -0.05) is 53.3 Å². The van der Waals surface area contributed by atoms with E-state index < -0.39 is 0 Å². The maximum absolute atomic E-state index is 8.14. The molecule has 0 bridgehead atoms. The maximum atomic E-state index is 8.14. The first kappa shape index (κ1) is 14.7. The highest BCUT2D eigenvalue weighted by molar-refractivity contribution is 5.94. The number of hydrogen-bond donors (Lipinski definition) is 1. The van der Waals surface area contributed by atoms with Gasteiger partial charge < -0.3 is 5.41 Å². The summed E-state index contributed by atoms with van der Waals surface area (Å²) in [7, 11) is 0. The molecule has 0 radical (unpaired) electrons. The van der Waals surface area contributed by atoms with E-state index in [0.29, 0.717) is 17.5 Å². The second-order valence-electron chi connectivity index (χ2n) is 6.00. The van der Waals surface area contributed by atoms with Gasteiger partial charge in [-0.3, -0.25) is 0 Å². The molecule has 1 atom stereocenters. The fourth-order valence-electron chi connectivity index (χ4n) is 2.64. The lowest BCUT2D eigenvalue weighted by Crippen LogP contribution is -2.22. The lowest BCUT2D eigenvalue weighted by atomic mass is 9.74. The van der Waals surface area contributed by atoms with Gasteiger partial charge in [0.05, 0.1) is 0 Å². The predicted molar refractivity (Wildman–Crippen MR) is 80.0 cm³/mol. The molecule has 1 unspecified atom stereocenters. The van der Waals surface area contributed by atoms with Crippen molar-refractivity contribution in [3.05, 3.63) is 41.7 Å². The van der Waals surface area contributed by atoms with Crippen LogP contribution in [0.1, 0.15) is 41.0 Å². The van der Waals surface area contributed by atoms with Crippen LogP contribution in [0, 0.1) is 22.7 Å². The largest absolute Gasteiger partial charge is 0.305 e. The Bertz CT molecular complexity index is 442. The molecule has 0 aromatic rings. The van der Waals surface area contributed by atoms with Gasteiger partial charge >= 0.3 is 0 Å². The van der Waals surface area contributed by atoms with E-state index >= 15 is 0 Å². The fourth-order valence-corrected chi connectivity index (χ4v) is 2.64. The normalized spacial score (nSPS) is 23.9. The highest BCUT2D eigenvalue weighted by atomic mass is 14.4. The topological polar surface area (TPSA) is 23.9 Å². The average Bonchev–Trinajstić information content (AvgIpc) is 2.37. The molecule has 0 saturated carbocycles. The lowest BCUT2D eigenvalue weighted by molar-refractivity contribution is 0.478. The summed E-state index contributed by atoms with van der Waals surface area (Å²) in [6.07, 6.45) is 7.14. The van der Waals surface area contributed by atoms with Gasteiger partial charge in [-0.2, -0.15) is 0 Å². The first-order valence-corrected chi connectivity index (χ1v) is 6.69. The third-order valence-corrected chi connectivity index (χ3v) is 3.59. The van der Waals surface area contributed by atoms with Crippen molar-refractivity contribution in [2.45, 2.75) is 41.0 Å². The van der Waals surface area contributed by atoms with E-state index in [2.05, 4.69) is 59.1 Å². The van der Waals surface area contributed by atoms with Crippen LogP contribution in [-0.2, 0) is 0 Å². The average molecular weight is 243 g/mol. The van der Waals surface area contributed by atoms with E-state index in [9.17, 15) is 0 Å². The van der Waals surface area contributed by atoms with Crippen molar-refractivity contribution in [2.24, 2.45) is 17.3 Å². The van der Waals surface area contributed by atoms with Crippen molar-refractivity contribution in [1.82, 2.24) is 0 Å². The quantitative estimate of drug-likeness (QED) is 0.680. The SMILES string of the molecule is C=C=C(C(C)C)C1(C)C=CC(C(C)C)=CC(=N)C1. The molecule has 0 amide bonds. The van der Waals surface area contributed by atoms with Crippen molar-refractivity contribution in [3.63, 3.8) is 0 Å². The molecule has 1 aliphatic carbocycles. The van der Waals surface area contributed by atoms with Crippen LogP contribution in [0.15, 0.2) is 41.7 Å². The van der Waals surface area contributed by atoms with Gasteiger partial charge in [0.15, 0.2) is 0 Å². The van der Waals surface area contributed by atoms with Crippen LogP contribution in [0.5, 0.6) is 0 Å². The summed E-state index contributed by atoms with van der Waals surface area (Å²) >= 11 is 0. The van der Waals surface area contributed by atoms with Gasteiger partial charge in [0.1, 0.15) is 0 Å². The van der Waals surface area contributed by atoms with Gasteiger partial charge in [0, 0.05) is 17.5 Å². The molecule has 0 aromatic carbocycles. The summed E-state index contributed by atoms with van der Waals surface area (Å²) in [5.74, 6) is 0.865. The lowest BCUT2D eigenvalue weighted by Gasteiger charge is -2.29. The Kier molecular flexibility index (Phi) is 4.53. The number of rotatable bonds is 3. The molecule has 0 aromatic heterocycles. The number of allylic oxidation sites excluding steroid dienone is 5. The second kappa shape index (κ2) is 5.54. The Morgan fingerprint density at radius 2 is 2.00 bits per heavy atom. The fraction of sp³-hybridized carbons (Fsp3) is 0.529.